The predicted molar refractivity (Wildman–Crippen MR) is 93.1 cm³/mol. The molecule has 22 heavy (non-hydrogen) atoms. The maximum absolute atomic E-state index is 12.8. The molecule has 2 atom stereocenters. The van der Waals surface area contributed by atoms with Crippen LogP contribution in [0.4, 0.5) is 0 Å². The number of rotatable bonds is 2. The van der Waals surface area contributed by atoms with Crippen LogP contribution < -0.4 is 5.32 Å². The number of carbonyl (C=O) groups is 1. The molecule has 0 spiro atoms. The molecule has 122 valence electrons. The van der Waals surface area contributed by atoms with E-state index in [-0.39, 0.29) is 10.8 Å². The average molecular weight is 301 g/mol. The van der Waals surface area contributed by atoms with Crippen molar-refractivity contribution >= 4 is 5.78 Å². The van der Waals surface area contributed by atoms with E-state index >= 15 is 0 Å². The van der Waals surface area contributed by atoms with Crippen molar-refractivity contribution in [1.82, 2.24) is 5.32 Å². The van der Waals surface area contributed by atoms with Gasteiger partial charge >= 0.3 is 0 Å². The number of hydrogen-bond donors (Lipinski definition) is 1. The molecular weight excluding hydrogens is 270 g/mol. The molecule has 0 bridgehead atoms. The van der Waals surface area contributed by atoms with E-state index in [1.54, 1.807) is 6.92 Å². The van der Waals surface area contributed by atoms with Crippen LogP contribution in [0.3, 0.4) is 0 Å². The van der Waals surface area contributed by atoms with Gasteiger partial charge in [0.15, 0.2) is 0 Å². The second-order valence-electron chi connectivity index (χ2n) is 7.91. The van der Waals surface area contributed by atoms with Crippen LogP contribution in [0.15, 0.2) is 30.3 Å². The van der Waals surface area contributed by atoms with E-state index in [1.807, 2.05) is 6.07 Å². The normalized spacial score (nSPS) is 27.5. The monoisotopic (exact) mass is 301 g/mol. The Morgan fingerprint density at radius 1 is 1.18 bits per heavy atom. The summed E-state index contributed by atoms with van der Waals surface area (Å²) in [6.07, 6.45) is 4.13. The largest absolute Gasteiger partial charge is 0.317 e. The number of ketones is 1. The van der Waals surface area contributed by atoms with E-state index in [1.165, 1.54) is 5.56 Å². The smallest absolute Gasteiger partial charge is 0.140 e. The summed E-state index contributed by atoms with van der Waals surface area (Å²) < 4.78 is 0. The Labute approximate surface area is 135 Å². The predicted octanol–water partition coefficient (Wildman–Crippen LogP) is 4.34. The average Bonchev–Trinajstić information content (AvgIpc) is 2.58. The molecule has 0 amide bonds. The molecule has 2 nitrogen and oxygen atoms in total. The van der Waals surface area contributed by atoms with Crippen molar-refractivity contribution in [2.24, 2.45) is 11.3 Å². The minimum atomic E-state index is -0.314. The van der Waals surface area contributed by atoms with Crippen LogP contribution in [0.5, 0.6) is 0 Å². The zero-order valence-corrected chi connectivity index (χ0v) is 14.6. The minimum Gasteiger partial charge on any atom is -0.317 e. The molecule has 1 heterocycles. The van der Waals surface area contributed by atoms with Gasteiger partial charge in [-0.25, -0.2) is 0 Å². The molecule has 1 aromatic rings. The number of carbonyl (C=O) groups excluding carboxylic acids is 1. The molecule has 1 saturated heterocycles. The molecule has 0 aromatic heterocycles. The van der Waals surface area contributed by atoms with Crippen LogP contribution in [0.25, 0.3) is 0 Å². The molecule has 0 aliphatic carbocycles. The fourth-order valence-electron chi connectivity index (χ4n) is 3.82. The second kappa shape index (κ2) is 6.95. The van der Waals surface area contributed by atoms with Crippen LogP contribution in [0.1, 0.15) is 58.9 Å². The summed E-state index contributed by atoms with van der Waals surface area (Å²) in [7, 11) is 0. The summed E-state index contributed by atoms with van der Waals surface area (Å²) in [5, 5.41) is 3.55. The summed E-state index contributed by atoms with van der Waals surface area (Å²) in [4.78, 5) is 12.8. The maximum Gasteiger partial charge on any atom is 0.140 e. The van der Waals surface area contributed by atoms with Gasteiger partial charge < -0.3 is 5.32 Å². The molecular formula is C20H31NO. The lowest BCUT2D eigenvalue weighted by Crippen LogP contribution is -2.39. The Kier molecular flexibility index (Phi) is 5.44. The van der Waals surface area contributed by atoms with Crippen molar-refractivity contribution in [3.8, 4) is 0 Å². The van der Waals surface area contributed by atoms with Crippen LogP contribution in [-0.2, 0) is 10.2 Å². The highest BCUT2D eigenvalue weighted by Crippen LogP contribution is 2.43. The van der Waals surface area contributed by atoms with Crippen molar-refractivity contribution in [2.75, 3.05) is 13.1 Å². The Morgan fingerprint density at radius 2 is 1.86 bits per heavy atom. The standard InChI is InChI=1S/C20H31NO/c1-16(22)20(17-9-6-5-7-10-17)12-8-13-21-14-11-18(15-20)19(2,3)4/h5-7,9-10,18,21H,8,11-15H2,1-4H3/t18-,20-/m0/s1. The molecule has 1 aliphatic rings. The first-order valence-electron chi connectivity index (χ1n) is 8.63. The van der Waals surface area contributed by atoms with Crippen LogP contribution >= 0.6 is 0 Å². The van der Waals surface area contributed by atoms with Gasteiger partial charge in [-0.05, 0) is 62.6 Å². The summed E-state index contributed by atoms with van der Waals surface area (Å²) >= 11 is 0. The van der Waals surface area contributed by atoms with E-state index in [2.05, 4.69) is 50.4 Å². The Morgan fingerprint density at radius 3 is 2.45 bits per heavy atom. The van der Waals surface area contributed by atoms with Crippen LogP contribution in [-0.4, -0.2) is 18.9 Å². The van der Waals surface area contributed by atoms with Gasteiger partial charge in [0, 0.05) is 0 Å². The third-order valence-corrected chi connectivity index (χ3v) is 5.45. The molecule has 0 unspecified atom stereocenters. The second-order valence-corrected chi connectivity index (χ2v) is 7.91. The summed E-state index contributed by atoms with van der Waals surface area (Å²) in [6.45, 7) is 10.8. The zero-order valence-electron chi connectivity index (χ0n) is 14.6. The third kappa shape index (κ3) is 3.78. The van der Waals surface area contributed by atoms with Gasteiger partial charge in [-0.15, -0.1) is 0 Å². The third-order valence-electron chi connectivity index (χ3n) is 5.45. The SMILES string of the molecule is CC(=O)[C@]1(c2ccccc2)CCCNCC[C@H](C(C)(C)C)C1. The highest BCUT2D eigenvalue weighted by Gasteiger charge is 2.41. The van der Waals surface area contributed by atoms with E-state index in [4.69, 9.17) is 0 Å². The lowest BCUT2D eigenvalue weighted by atomic mass is 9.63. The van der Waals surface area contributed by atoms with Gasteiger partial charge in [0.2, 0.25) is 0 Å². The number of hydrogen-bond acceptors (Lipinski definition) is 2. The Hall–Kier alpha value is -1.15. The van der Waals surface area contributed by atoms with Crippen LogP contribution in [0.2, 0.25) is 0 Å². The number of Topliss-reactive ketones (excluding diaryl/α,β-unsaturated/α-hetero) is 1. The van der Waals surface area contributed by atoms with Gasteiger partial charge in [-0.2, -0.15) is 0 Å². The Bertz CT molecular complexity index is 488. The fourth-order valence-corrected chi connectivity index (χ4v) is 3.82. The van der Waals surface area contributed by atoms with Gasteiger partial charge in [0.1, 0.15) is 5.78 Å². The molecule has 2 rings (SSSR count). The highest BCUT2D eigenvalue weighted by atomic mass is 16.1. The highest BCUT2D eigenvalue weighted by molar-refractivity contribution is 5.88. The van der Waals surface area contributed by atoms with Gasteiger partial charge in [0.05, 0.1) is 5.41 Å². The minimum absolute atomic E-state index is 0.224. The Balaban J connectivity index is 2.45. The van der Waals surface area contributed by atoms with E-state index in [0.717, 1.165) is 38.8 Å². The molecule has 1 fully saturated rings. The fraction of sp³-hybridized carbons (Fsp3) is 0.650. The maximum atomic E-state index is 12.8. The van der Waals surface area contributed by atoms with Crippen molar-refractivity contribution in [3.05, 3.63) is 35.9 Å². The first-order valence-corrected chi connectivity index (χ1v) is 8.63. The van der Waals surface area contributed by atoms with Crippen LogP contribution in [0, 0.1) is 11.3 Å². The topological polar surface area (TPSA) is 29.1 Å². The molecule has 1 aliphatic heterocycles. The van der Waals surface area contributed by atoms with Gasteiger partial charge in [0.25, 0.3) is 0 Å². The lowest BCUT2D eigenvalue weighted by molar-refractivity contribution is -0.123. The quantitative estimate of drug-likeness (QED) is 0.880. The lowest BCUT2D eigenvalue weighted by Gasteiger charge is -2.40. The van der Waals surface area contributed by atoms with Gasteiger partial charge in [-0.3, -0.25) is 4.79 Å². The first kappa shape index (κ1) is 17.2. The summed E-state index contributed by atoms with van der Waals surface area (Å²) in [6, 6.07) is 10.5. The first-order chi connectivity index (χ1) is 10.4. The molecule has 0 radical (unpaired) electrons. The van der Waals surface area contributed by atoms with E-state index < -0.39 is 0 Å². The number of benzene rings is 1. The van der Waals surface area contributed by atoms with E-state index in [9.17, 15) is 4.79 Å². The van der Waals surface area contributed by atoms with Crippen molar-refractivity contribution in [2.45, 2.75) is 58.8 Å². The van der Waals surface area contributed by atoms with Crippen molar-refractivity contribution in [3.63, 3.8) is 0 Å². The van der Waals surface area contributed by atoms with Crippen molar-refractivity contribution in [1.29, 1.82) is 0 Å². The number of nitrogens with one attached hydrogen (secondary N) is 1. The molecule has 0 saturated carbocycles. The molecule has 1 aromatic carbocycles. The zero-order chi connectivity index (χ0) is 16.2. The van der Waals surface area contributed by atoms with Gasteiger partial charge in [-0.1, -0.05) is 51.1 Å². The summed E-state index contributed by atoms with van der Waals surface area (Å²) in [5.74, 6) is 0.872. The molecule has 1 N–H and O–H groups in total. The molecule has 2 heteroatoms. The van der Waals surface area contributed by atoms with E-state index in [0.29, 0.717) is 11.7 Å². The van der Waals surface area contributed by atoms with Crippen molar-refractivity contribution < 1.29 is 4.79 Å². The summed E-state index contributed by atoms with van der Waals surface area (Å²) in [5.41, 5.74) is 1.12.